The summed E-state index contributed by atoms with van der Waals surface area (Å²) >= 11 is 2.03. The number of hydrogen-bond acceptors (Lipinski definition) is 3. The Kier molecular flexibility index (Phi) is 6.08. The maximum atomic E-state index is 9.52. The van der Waals surface area contributed by atoms with E-state index >= 15 is 0 Å². The number of anilines is 2. The molecule has 1 fully saturated rings. The van der Waals surface area contributed by atoms with Crippen LogP contribution in [0.4, 0.5) is 11.4 Å². The van der Waals surface area contributed by atoms with Gasteiger partial charge in [0.25, 0.3) is 0 Å². The van der Waals surface area contributed by atoms with Gasteiger partial charge in [-0.05, 0) is 96.2 Å². The van der Waals surface area contributed by atoms with E-state index in [1.54, 1.807) is 5.57 Å². The van der Waals surface area contributed by atoms with E-state index in [-0.39, 0.29) is 0 Å². The van der Waals surface area contributed by atoms with Gasteiger partial charge in [0.1, 0.15) is 0 Å². The fraction of sp³-hybridized carbons (Fsp3) is 0.289. The van der Waals surface area contributed by atoms with Crippen LogP contribution in [0.3, 0.4) is 0 Å². The van der Waals surface area contributed by atoms with Crippen LogP contribution in [0.25, 0.3) is 11.1 Å². The van der Waals surface area contributed by atoms with Crippen LogP contribution in [-0.4, -0.2) is 11.3 Å². The second-order valence-electron chi connectivity index (χ2n) is 12.3. The maximum Gasteiger partial charge on any atom is 0.0991 e. The zero-order valence-corrected chi connectivity index (χ0v) is 24.2. The van der Waals surface area contributed by atoms with Crippen molar-refractivity contribution in [1.82, 2.24) is 0 Å². The molecule has 4 aliphatic rings. The number of thioether (sulfide) groups is 1. The average Bonchev–Trinajstić information content (AvgIpc) is 3.57. The van der Waals surface area contributed by atoms with Crippen molar-refractivity contribution in [3.05, 3.63) is 125 Å². The molecule has 4 aromatic carbocycles. The van der Waals surface area contributed by atoms with E-state index in [2.05, 4.69) is 115 Å². The molecule has 0 spiro atoms. The van der Waals surface area contributed by atoms with E-state index < -0.39 is 0 Å². The third kappa shape index (κ3) is 4.07. The molecule has 4 aromatic rings. The Morgan fingerprint density at radius 3 is 2.41 bits per heavy atom. The highest BCUT2D eigenvalue weighted by molar-refractivity contribution is 8.00. The number of benzene rings is 4. The summed E-state index contributed by atoms with van der Waals surface area (Å²) < 4.78 is 0. The van der Waals surface area contributed by atoms with Crippen molar-refractivity contribution in [3.63, 3.8) is 0 Å². The van der Waals surface area contributed by atoms with Crippen molar-refractivity contribution in [3.8, 4) is 17.2 Å². The normalized spacial score (nSPS) is 27.7. The topological polar surface area (TPSA) is 27.0 Å². The first-order valence-corrected chi connectivity index (χ1v) is 16.0. The monoisotopic (exact) mass is 550 g/mol. The molecule has 41 heavy (non-hydrogen) atoms. The van der Waals surface area contributed by atoms with Gasteiger partial charge in [0, 0.05) is 39.4 Å². The van der Waals surface area contributed by atoms with Crippen LogP contribution in [0.15, 0.2) is 114 Å². The van der Waals surface area contributed by atoms with Crippen molar-refractivity contribution in [2.45, 2.75) is 60.6 Å². The number of allylic oxidation sites excluding steroid dienone is 2. The summed E-state index contributed by atoms with van der Waals surface area (Å²) in [7, 11) is 0. The molecule has 0 bridgehead atoms. The van der Waals surface area contributed by atoms with Crippen LogP contribution in [0.5, 0.6) is 0 Å². The summed E-state index contributed by atoms with van der Waals surface area (Å²) in [6.07, 6.45) is 7.55. The van der Waals surface area contributed by atoms with Crippen molar-refractivity contribution < 1.29 is 0 Å². The van der Waals surface area contributed by atoms with E-state index in [0.717, 1.165) is 5.56 Å². The summed E-state index contributed by atoms with van der Waals surface area (Å²) in [5.74, 6) is 2.20. The zero-order chi connectivity index (χ0) is 27.5. The standard InChI is InChI=1S/C38H34N2S/c1-24-30(28-14-20-37-33(22-28)32-21-25(23-39)11-19-36(32)41-37)17-18-35-38(24)31-9-5-6-10-34(31)40(35)29-15-12-27(13-16-29)26-7-3-2-4-8-26/h2-13,15-16,19,21-22,24,30,33,35,37-38H,14,17-18,20H2,1H3/t24?,30?,33?,35?,37?,38-/m0/s1. The first-order chi connectivity index (χ1) is 20.2. The summed E-state index contributed by atoms with van der Waals surface area (Å²) in [6, 6.07) is 38.2. The molecule has 1 saturated carbocycles. The summed E-state index contributed by atoms with van der Waals surface area (Å²) in [5.41, 5.74) is 10.6. The molecule has 0 aromatic heterocycles. The van der Waals surface area contributed by atoms with Gasteiger partial charge in [-0.2, -0.15) is 5.26 Å². The number of hydrogen-bond donors (Lipinski definition) is 0. The Labute approximate surface area is 247 Å². The SMILES string of the molecule is CC1C(C2=CC3c4cc(C#N)ccc4SC3CC2)CCC2[C@@H]1c1ccccc1N2c1ccc(-c2ccccc2)cc1. The molecule has 0 amide bonds. The molecule has 202 valence electrons. The lowest BCUT2D eigenvalue weighted by Gasteiger charge is -2.43. The Morgan fingerprint density at radius 2 is 1.59 bits per heavy atom. The van der Waals surface area contributed by atoms with E-state index in [1.165, 1.54) is 64.2 Å². The van der Waals surface area contributed by atoms with Gasteiger partial charge < -0.3 is 4.90 Å². The van der Waals surface area contributed by atoms with Crippen LogP contribution < -0.4 is 4.90 Å². The van der Waals surface area contributed by atoms with Gasteiger partial charge in [-0.15, -0.1) is 11.8 Å². The largest absolute Gasteiger partial charge is 0.338 e. The zero-order valence-electron chi connectivity index (χ0n) is 23.4. The molecular weight excluding hydrogens is 516 g/mol. The highest BCUT2D eigenvalue weighted by Gasteiger charge is 2.48. The second kappa shape index (κ2) is 9.97. The lowest BCUT2D eigenvalue weighted by atomic mass is 9.64. The molecule has 5 unspecified atom stereocenters. The second-order valence-corrected chi connectivity index (χ2v) is 13.6. The van der Waals surface area contributed by atoms with Crippen LogP contribution in [-0.2, 0) is 0 Å². The Morgan fingerprint density at radius 1 is 0.805 bits per heavy atom. The molecule has 0 N–H and O–H groups in total. The number of para-hydroxylation sites is 1. The van der Waals surface area contributed by atoms with Crippen molar-refractivity contribution in [1.29, 1.82) is 5.26 Å². The molecule has 2 nitrogen and oxygen atoms in total. The first kappa shape index (κ1) is 25.0. The van der Waals surface area contributed by atoms with Crippen LogP contribution >= 0.6 is 11.8 Å². The molecule has 2 aliphatic carbocycles. The minimum Gasteiger partial charge on any atom is -0.338 e. The molecule has 8 rings (SSSR count). The molecule has 2 aliphatic heterocycles. The average molecular weight is 551 g/mol. The molecular formula is C38H34N2S. The highest BCUT2D eigenvalue weighted by Crippen LogP contribution is 2.58. The third-order valence-corrected chi connectivity index (χ3v) is 11.8. The van der Waals surface area contributed by atoms with Crippen LogP contribution in [0.1, 0.15) is 61.1 Å². The van der Waals surface area contributed by atoms with E-state index in [0.29, 0.717) is 35.0 Å². The van der Waals surface area contributed by atoms with Gasteiger partial charge >= 0.3 is 0 Å². The van der Waals surface area contributed by atoms with Gasteiger partial charge in [-0.25, -0.2) is 0 Å². The minimum atomic E-state index is 0.451. The number of fused-ring (bicyclic) bond motifs is 6. The van der Waals surface area contributed by atoms with Gasteiger partial charge in [-0.3, -0.25) is 0 Å². The van der Waals surface area contributed by atoms with Gasteiger partial charge in [0.15, 0.2) is 0 Å². The summed E-state index contributed by atoms with van der Waals surface area (Å²) in [4.78, 5) is 4.03. The van der Waals surface area contributed by atoms with Gasteiger partial charge in [0.05, 0.1) is 11.6 Å². The van der Waals surface area contributed by atoms with E-state index in [1.807, 2.05) is 17.8 Å². The lowest BCUT2D eigenvalue weighted by molar-refractivity contribution is 0.228. The molecule has 6 atom stereocenters. The van der Waals surface area contributed by atoms with E-state index in [4.69, 9.17) is 0 Å². The molecule has 2 heterocycles. The molecule has 3 heteroatoms. The van der Waals surface area contributed by atoms with E-state index in [9.17, 15) is 5.26 Å². The van der Waals surface area contributed by atoms with Crippen molar-refractivity contribution in [2.75, 3.05) is 4.90 Å². The predicted molar refractivity (Wildman–Crippen MR) is 170 cm³/mol. The number of nitriles is 1. The van der Waals surface area contributed by atoms with Crippen molar-refractivity contribution in [2.24, 2.45) is 11.8 Å². The van der Waals surface area contributed by atoms with Crippen LogP contribution in [0.2, 0.25) is 0 Å². The maximum absolute atomic E-state index is 9.52. The minimum absolute atomic E-state index is 0.451. The highest BCUT2D eigenvalue weighted by atomic mass is 32.2. The Balaban J connectivity index is 1.10. The fourth-order valence-electron chi connectivity index (χ4n) is 8.43. The van der Waals surface area contributed by atoms with Gasteiger partial charge in [-0.1, -0.05) is 79.2 Å². The smallest absolute Gasteiger partial charge is 0.0991 e. The molecule has 0 radical (unpaired) electrons. The predicted octanol–water partition coefficient (Wildman–Crippen LogP) is 9.85. The lowest BCUT2D eigenvalue weighted by Crippen LogP contribution is -2.40. The number of rotatable bonds is 3. The summed E-state index contributed by atoms with van der Waals surface area (Å²) in [6.45, 7) is 2.53. The molecule has 0 saturated heterocycles. The Hall–Kier alpha value is -3.74. The van der Waals surface area contributed by atoms with Crippen LogP contribution in [0, 0.1) is 23.2 Å². The number of nitrogens with zero attached hydrogens (tertiary/aromatic N) is 2. The van der Waals surface area contributed by atoms with Gasteiger partial charge in [0.2, 0.25) is 0 Å². The fourth-order valence-corrected chi connectivity index (χ4v) is 9.84. The Bertz CT molecular complexity index is 1680. The van der Waals surface area contributed by atoms with Crippen molar-refractivity contribution >= 4 is 23.1 Å². The summed E-state index contributed by atoms with van der Waals surface area (Å²) in [5, 5.41) is 10.1. The quantitative estimate of drug-likeness (QED) is 0.238. The first-order valence-electron chi connectivity index (χ1n) is 15.1. The third-order valence-electron chi connectivity index (χ3n) is 10.3.